The second-order valence-electron chi connectivity index (χ2n) is 5.38. The number of carbonyl (C=O) groups is 1. The molecular weight excluding hydrogens is 384 g/mol. The molecule has 0 aliphatic carbocycles. The van der Waals surface area contributed by atoms with Crippen molar-refractivity contribution in [3.63, 3.8) is 0 Å². The molecule has 1 aliphatic heterocycles. The van der Waals surface area contributed by atoms with Crippen LogP contribution in [0.15, 0.2) is 34.9 Å². The van der Waals surface area contributed by atoms with E-state index in [1.807, 2.05) is 12.1 Å². The Morgan fingerprint density at radius 2 is 2.09 bits per heavy atom. The minimum absolute atomic E-state index is 0.0312. The summed E-state index contributed by atoms with van der Waals surface area (Å²) in [5.41, 5.74) is 0.889. The van der Waals surface area contributed by atoms with Gasteiger partial charge in [0.1, 0.15) is 11.5 Å². The Hall–Kier alpha value is -1.79. The van der Waals surface area contributed by atoms with Crippen molar-refractivity contribution in [2.75, 3.05) is 6.54 Å². The van der Waals surface area contributed by atoms with Gasteiger partial charge in [0.15, 0.2) is 0 Å². The van der Waals surface area contributed by atoms with Gasteiger partial charge in [-0.15, -0.1) is 0 Å². The van der Waals surface area contributed by atoms with Crippen LogP contribution < -0.4 is 0 Å². The molecule has 7 heteroatoms. The lowest BCUT2D eigenvalue weighted by molar-refractivity contribution is 0.0730. The molecule has 1 aromatic heterocycles. The Morgan fingerprint density at radius 1 is 1.30 bits per heavy atom. The van der Waals surface area contributed by atoms with Crippen molar-refractivity contribution in [1.29, 1.82) is 0 Å². The molecule has 1 saturated heterocycles. The first kappa shape index (κ1) is 16.1. The summed E-state index contributed by atoms with van der Waals surface area (Å²) in [6.07, 6.45) is 3.37. The monoisotopic (exact) mass is 396 g/mol. The van der Waals surface area contributed by atoms with Crippen LogP contribution in [0.3, 0.4) is 0 Å². The van der Waals surface area contributed by atoms with Gasteiger partial charge >= 0.3 is 0 Å². The van der Waals surface area contributed by atoms with Gasteiger partial charge in [0.05, 0.1) is 22.3 Å². The van der Waals surface area contributed by atoms with Crippen LogP contribution in [0.4, 0.5) is 0 Å². The summed E-state index contributed by atoms with van der Waals surface area (Å²) in [4.78, 5) is 18.8. The van der Waals surface area contributed by atoms with E-state index in [1.165, 1.54) is 6.07 Å². The molecular formula is C16H14BrClN2O3. The second-order valence-corrected chi connectivity index (χ2v) is 6.70. The molecule has 1 aliphatic rings. The van der Waals surface area contributed by atoms with Gasteiger partial charge in [0, 0.05) is 23.3 Å². The van der Waals surface area contributed by atoms with Gasteiger partial charge in [-0.2, -0.15) is 0 Å². The molecule has 2 N–H and O–H groups in total. The minimum atomic E-state index is -0.323. The minimum Gasteiger partial charge on any atom is -0.507 e. The highest BCUT2D eigenvalue weighted by Gasteiger charge is 2.32. The first-order valence-corrected chi connectivity index (χ1v) is 8.28. The zero-order chi connectivity index (χ0) is 16.6. The molecule has 2 heterocycles. The van der Waals surface area contributed by atoms with Gasteiger partial charge in [-0.05, 0) is 47.0 Å². The number of likely N-dealkylation sites (tertiary alicyclic amines) is 1. The summed E-state index contributed by atoms with van der Waals surface area (Å²) in [5.74, 6) is -0.865. The van der Waals surface area contributed by atoms with Gasteiger partial charge in [0.2, 0.25) is 0 Å². The second kappa shape index (κ2) is 6.37. The number of benzene rings is 1. The Bertz CT molecular complexity index is 752. The number of pyridine rings is 1. The Balaban J connectivity index is 1.92. The smallest absolute Gasteiger partial charge is 0.258 e. The van der Waals surface area contributed by atoms with E-state index in [2.05, 4.69) is 20.9 Å². The number of rotatable bonds is 2. The predicted octanol–water partition coefficient (Wildman–Crippen LogP) is 3.89. The largest absolute Gasteiger partial charge is 0.507 e. The number of amides is 1. The molecule has 0 radical (unpaired) electrons. The quantitative estimate of drug-likeness (QED) is 0.806. The molecule has 0 bridgehead atoms. The molecule has 2 aromatic rings. The van der Waals surface area contributed by atoms with Crippen LogP contribution in [0.2, 0.25) is 5.02 Å². The van der Waals surface area contributed by atoms with E-state index < -0.39 is 0 Å². The molecule has 3 rings (SSSR count). The summed E-state index contributed by atoms with van der Waals surface area (Å²) >= 11 is 9.20. The average molecular weight is 398 g/mol. The molecule has 1 atom stereocenters. The van der Waals surface area contributed by atoms with E-state index in [0.717, 1.165) is 29.1 Å². The maximum Gasteiger partial charge on any atom is 0.258 e. The number of phenols is 2. The van der Waals surface area contributed by atoms with E-state index in [4.69, 9.17) is 11.6 Å². The summed E-state index contributed by atoms with van der Waals surface area (Å²) in [6.45, 7) is 0.583. The molecule has 120 valence electrons. The average Bonchev–Trinajstić information content (AvgIpc) is 3.00. The van der Waals surface area contributed by atoms with Crippen LogP contribution in [0.25, 0.3) is 0 Å². The van der Waals surface area contributed by atoms with Crippen LogP contribution in [0.1, 0.15) is 34.9 Å². The molecule has 1 fully saturated rings. The first-order chi connectivity index (χ1) is 11.0. The van der Waals surface area contributed by atoms with Gasteiger partial charge in [-0.1, -0.05) is 11.6 Å². The molecule has 1 amide bonds. The normalized spacial score (nSPS) is 17.5. The summed E-state index contributed by atoms with van der Waals surface area (Å²) in [5, 5.41) is 19.5. The van der Waals surface area contributed by atoms with Crippen LogP contribution in [-0.2, 0) is 0 Å². The number of halogens is 2. The third kappa shape index (κ3) is 3.14. The van der Waals surface area contributed by atoms with Crippen molar-refractivity contribution < 1.29 is 15.0 Å². The number of nitrogens with zero attached hydrogens (tertiary/aromatic N) is 2. The summed E-state index contributed by atoms with van der Waals surface area (Å²) < 4.78 is 0.875. The summed E-state index contributed by atoms with van der Waals surface area (Å²) in [7, 11) is 0. The fraction of sp³-hybridized carbons (Fsp3) is 0.250. The maximum absolute atomic E-state index is 12.8. The molecule has 1 aromatic carbocycles. The van der Waals surface area contributed by atoms with Crippen LogP contribution in [-0.4, -0.2) is 32.5 Å². The van der Waals surface area contributed by atoms with E-state index in [-0.39, 0.29) is 34.0 Å². The number of hydrogen-bond donors (Lipinski definition) is 2. The first-order valence-electron chi connectivity index (χ1n) is 7.11. The van der Waals surface area contributed by atoms with Gasteiger partial charge in [0.25, 0.3) is 5.91 Å². The van der Waals surface area contributed by atoms with Crippen molar-refractivity contribution in [3.8, 4) is 11.5 Å². The fourth-order valence-electron chi connectivity index (χ4n) is 2.78. The standard InChI is InChI=1S/C16H14BrClN2O3/c17-9-3-4-12(19-8-9)13-2-1-5-20(13)16(23)10-6-11(18)15(22)7-14(10)21/h3-4,6-8,13,21-22H,1-2,5H2. The van der Waals surface area contributed by atoms with Gasteiger partial charge in [-0.3, -0.25) is 9.78 Å². The van der Waals surface area contributed by atoms with Crippen molar-refractivity contribution in [1.82, 2.24) is 9.88 Å². The highest BCUT2D eigenvalue weighted by Crippen LogP contribution is 2.36. The van der Waals surface area contributed by atoms with E-state index in [1.54, 1.807) is 11.1 Å². The van der Waals surface area contributed by atoms with Crippen molar-refractivity contribution in [3.05, 3.63) is 51.2 Å². The van der Waals surface area contributed by atoms with E-state index in [9.17, 15) is 15.0 Å². The van der Waals surface area contributed by atoms with Gasteiger partial charge in [-0.25, -0.2) is 0 Å². The Morgan fingerprint density at radius 3 is 2.78 bits per heavy atom. The predicted molar refractivity (Wildman–Crippen MR) is 89.7 cm³/mol. The number of phenolic OH excluding ortho intramolecular Hbond substituents is 2. The Kier molecular flexibility index (Phi) is 4.46. The van der Waals surface area contributed by atoms with Crippen molar-refractivity contribution in [2.24, 2.45) is 0 Å². The topological polar surface area (TPSA) is 73.7 Å². The lowest BCUT2D eigenvalue weighted by Crippen LogP contribution is -2.31. The fourth-order valence-corrected chi connectivity index (χ4v) is 3.18. The Labute approximate surface area is 146 Å². The van der Waals surface area contributed by atoms with E-state index >= 15 is 0 Å². The number of carbonyl (C=O) groups excluding carboxylic acids is 1. The number of aromatic nitrogens is 1. The summed E-state index contributed by atoms with van der Waals surface area (Å²) in [6, 6.07) is 6.00. The third-order valence-corrected chi connectivity index (χ3v) is 4.67. The highest BCUT2D eigenvalue weighted by atomic mass is 79.9. The van der Waals surface area contributed by atoms with Crippen LogP contribution in [0.5, 0.6) is 11.5 Å². The lowest BCUT2D eigenvalue weighted by Gasteiger charge is -2.25. The molecule has 5 nitrogen and oxygen atoms in total. The third-order valence-electron chi connectivity index (χ3n) is 3.90. The number of hydrogen-bond acceptors (Lipinski definition) is 4. The SMILES string of the molecule is O=C(c1cc(Cl)c(O)cc1O)N1CCCC1c1ccc(Br)cn1. The van der Waals surface area contributed by atoms with Crippen molar-refractivity contribution in [2.45, 2.75) is 18.9 Å². The van der Waals surface area contributed by atoms with Crippen molar-refractivity contribution >= 4 is 33.4 Å². The van der Waals surface area contributed by atoms with E-state index in [0.29, 0.717) is 6.54 Å². The molecule has 23 heavy (non-hydrogen) atoms. The molecule has 1 unspecified atom stereocenters. The van der Waals surface area contributed by atoms with Crippen LogP contribution in [0, 0.1) is 0 Å². The maximum atomic E-state index is 12.8. The number of aromatic hydroxyl groups is 2. The molecule has 0 spiro atoms. The lowest BCUT2D eigenvalue weighted by atomic mass is 10.1. The highest BCUT2D eigenvalue weighted by molar-refractivity contribution is 9.10. The van der Waals surface area contributed by atoms with Gasteiger partial charge < -0.3 is 15.1 Å². The zero-order valence-electron chi connectivity index (χ0n) is 12.0. The van der Waals surface area contributed by atoms with Crippen LogP contribution >= 0.6 is 27.5 Å². The molecule has 0 saturated carbocycles. The zero-order valence-corrected chi connectivity index (χ0v) is 14.4.